The van der Waals surface area contributed by atoms with Crippen LogP contribution in [0.4, 0.5) is 0 Å². The van der Waals surface area contributed by atoms with Gasteiger partial charge in [0.25, 0.3) is 0 Å². The lowest BCUT2D eigenvalue weighted by Crippen LogP contribution is -2.24. The summed E-state index contributed by atoms with van der Waals surface area (Å²) in [6.07, 6.45) is 3.89. The molecule has 2 N–H and O–H groups in total. The van der Waals surface area contributed by atoms with Gasteiger partial charge in [0, 0.05) is 23.0 Å². The van der Waals surface area contributed by atoms with Gasteiger partial charge in [0.1, 0.15) is 0 Å². The van der Waals surface area contributed by atoms with Crippen LogP contribution in [0, 0.1) is 0 Å². The molecule has 1 aliphatic heterocycles. The molecule has 92 valence electrons. The lowest BCUT2D eigenvalue weighted by Gasteiger charge is -2.14. The van der Waals surface area contributed by atoms with Gasteiger partial charge in [0.05, 0.1) is 13.2 Å². The average molecular weight is 254 g/mol. The molecule has 0 saturated heterocycles. The van der Waals surface area contributed by atoms with Gasteiger partial charge in [-0.15, -0.1) is 0 Å². The Bertz CT molecular complexity index is 443. The van der Waals surface area contributed by atoms with Gasteiger partial charge in [0.2, 0.25) is 0 Å². The molecule has 4 heteroatoms. The van der Waals surface area contributed by atoms with Crippen LogP contribution in [-0.4, -0.2) is 18.8 Å². The van der Waals surface area contributed by atoms with Crippen molar-refractivity contribution in [3.63, 3.8) is 0 Å². The van der Waals surface area contributed by atoms with Gasteiger partial charge < -0.3 is 15.2 Å². The molecule has 3 nitrogen and oxygen atoms in total. The van der Waals surface area contributed by atoms with Crippen molar-refractivity contribution in [2.24, 2.45) is 5.73 Å². The van der Waals surface area contributed by atoms with Crippen LogP contribution in [0.1, 0.15) is 24.8 Å². The zero-order chi connectivity index (χ0) is 11.9. The molecule has 3 rings (SSSR count). The normalized spacial score (nSPS) is 20.8. The van der Waals surface area contributed by atoms with Crippen molar-refractivity contribution in [1.29, 1.82) is 0 Å². The van der Waals surface area contributed by atoms with E-state index in [1.807, 2.05) is 12.1 Å². The van der Waals surface area contributed by atoms with Crippen LogP contribution >= 0.6 is 11.6 Å². The zero-order valence-electron chi connectivity index (χ0n) is 9.67. The average Bonchev–Trinajstić information content (AvgIpc) is 3.04. The molecule has 1 aliphatic carbocycles. The first-order chi connectivity index (χ1) is 8.16. The van der Waals surface area contributed by atoms with E-state index in [9.17, 15) is 0 Å². The Kier molecular flexibility index (Phi) is 2.68. The molecule has 1 heterocycles. The summed E-state index contributed by atoms with van der Waals surface area (Å²) in [7, 11) is 0. The van der Waals surface area contributed by atoms with E-state index >= 15 is 0 Å². The highest BCUT2D eigenvalue weighted by Crippen LogP contribution is 2.41. The predicted octanol–water partition coefficient (Wildman–Crippen LogP) is 2.54. The van der Waals surface area contributed by atoms with Crippen LogP contribution in [0.5, 0.6) is 11.5 Å². The highest BCUT2D eigenvalue weighted by atomic mass is 35.5. The van der Waals surface area contributed by atoms with Crippen LogP contribution in [-0.2, 0) is 6.42 Å². The molecule has 0 unspecified atom stereocenters. The second-order valence-corrected chi connectivity index (χ2v) is 5.39. The van der Waals surface area contributed by atoms with E-state index in [1.165, 1.54) is 0 Å². The zero-order valence-corrected chi connectivity index (χ0v) is 10.4. The van der Waals surface area contributed by atoms with Gasteiger partial charge in [-0.05, 0) is 30.9 Å². The summed E-state index contributed by atoms with van der Waals surface area (Å²) in [6, 6.07) is 3.83. The van der Waals surface area contributed by atoms with Crippen LogP contribution in [0.15, 0.2) is 12.1 Å². The first-order valence-corrected chi connectivity index (χ1v) is 6.41. The second-order valence-electron chi connectivity index (χ2n) is 4.98. The van der Waals surface area contributed by atoms with Crippen molar-refractivity contribution >= 4 is 11.6 Å². The second kappa shape index (κ2) is 4.07. The maximum Gasteiger partial charge on any atom is 0.162 e. The maximum absolute atomic E-state index is 6.26. The molecule has 1 fully saturated rings. The van der Waals surface area contributed by atoms with E-state index in [4.69, 9.17) is 26.8 Å². The largest absolute Gasteiger partial charge is 0.490 e. The Morgan fingerprint density at radius 3 is 2.47 bits per heavy atom. The lowest BCUT2D eigenvalue weighted by molar-refractivity contribution is 0.297. The molecule has 0 bridgehead atoms. The smallest absolute Gasteiger partial charge is 0.162 e. The molecule has 0 atom stereocenters. The Morgan fingerprint density at radius 1 is 1.18 bits per heavy atom. The fourth-order valence-corrected chi connectivity index (χ4v) is 2.30. The Hall–Kier alpha value is -0.930. The monoisotopic (exact) mass is 253 g/mol. The van der Waals surface area contributed by atoms with Gasteiger partial charge in [0.15, 0.2) is 11.5 Å². The molecule has 0 spiro atoms. The molecule has 1 saturated carbocycles. The molecule has 1 aromatic carbocycles. The van der Waals surface area contributed by atoms with Crippen molar-refractivity contribution < 1.29 is 9.47 Å². The van der Waals surface area contributed by atoms with Crippen LogP contribution < -0.4 is 15.2 Å². The molecular formula is C13H16ClNO2. The summed E-state index contributed by atoms with van der Waals surface area (Å²) < 4.78 is 11.2. The van der Waals surface area contributed by atoms with E-state index in [0.29, 0.717) is 13.2 Å². The molecule has 0 aromatic heterocycles. The van der Waals surface area contributed by atoms with Gasteiger partial charge in [-0.1, -0.05) is 11.6 Å². The topological polar surface area (TPSA) is 44.5 Å². The summed E-state index contributed by atoms with van der Waals surface area (Å²) in [5.74, 6) is 1.55. The predicted molar refractivity (Wildman–Crippen MR) is 66.9 cm³/mol. The molecule has 17 heavy (non-hydrogen) atoms. The van der Waals surface area contributed by atoms with Crippen molar-refractivity contribution in [3.8, 4) is 11.5 Å². The number of hydrogen-bond acceptors (Lipinski definition) is 3. The third-order valence-electron chi connectivity index (χ3n) is 3.35. The van der Waals surface area contributed by atoms with Gasteiger partial charge in [-0.3, -0.25) is 0 Å². The first-order valence-electron chi connectivity index (χ1n) is 6.03. The third kappa shape index (κ3) is 2.35. The fourth-order valence-electron chi connectivity index (χ4n) is 2.08. The van der Waals surface area contributed by atoms with Crippen LogP contribution in [0.2, 0.25) is 5.02 Å². The summed E-state index contributed by atoms with van der Waals surface area (Å²) in [5, 5.41) is 0.728. The Balaban J connectivity index is 1.91. The van der Waals surface area contributed by atoms with E-state index in [-0.39, 0.29) is 5.54 Å². The fraction of sp³-hybridized carbons (Fsp3) is 0.538. The van der Waals surface area contributed by atoms with Crippen LogP contribution in [0.25, 0.3) is 0 Å². The molecule has 0 amide bonds. The Morgan fingerprint density at radius 2 is 1.82 bits per heavy atom. The summed E-state index contributed by atoms with van der Waals surface area (Å²) in [6.45, 7) is 1.38. The number of benzene rings is 1. The number of rotatable bonds is 2. The van der Waals surface area contributed by atoms with E-state index in [0.717, 1.165) is 47.8 Å². The van der Waals surface area contributed by atoms with Gasteiger partial charge in [-0.25, -0.2) is 0 Å². The quantitative estimate of drug-likeness (QED) is 0.881. The van der Waals surface area contributed by atoms with Crippen molar-refractivity contribution in [3.05, 3.63) is 22.7 Å². The minimum absolute atomic E-state index is 0.0382. The van der Waals surface area contributed by atoms with Gasteiger partial charge >= 0.3 is 0 Å². The number of ether oxygens (including phenoxy) is 2. The summed E-state index contributed by atoms with van der Waals surface area (Å²) in [4.78, 5) is 0. The molecule has 2 aliphatic rings. The minimum Gasteiger partial charge on any atom is -0.490 e. The SMILES string of the molecule is NC1(Cc2cc3c(cc2Cl)OCCCO3)CC1. The minimum atomic E-state index is -0.0382. The van der Waals surface area contributed by atoms with Crippen molar-refractivity contribution in [1.82, 2.24) is 0 Å². The van der Waals surface area contributed by atoms with E-state index < -0.39 is 0 Å². The third-order valence-corrected chi connectivity index (χ3v) is 3.70. The molecule has 1 aromatic rings. The summed E-state index contributed by atoms with van der Waals surface area (Å²) in [5.41, 5.74) is 7.15. The van der Waals surface area contributed by atoms with Crippen molar-refractivity contribution in [2.75, 3.05) is 13.2 Å². The number of halogens is 1. The molecular weight excluding hydrogens is 238 g/mol. The molecule has 0 radical (unpaired) electrons. The highest BCUT2D eigenvalue weighted by Gasteiger charge is 2.38. The Labute approximate surface area is 106 Å². The number of fused-ring (bicyclic) bond motifs is 1. The maximum atomic E-state index is 6.26. The van der Waals surface area contributed by atoms with E-state index in [1.54, 1.807) is 0 Å². The number of nitrogens with two attached hydrogens (primary N) is 1. The summed E-state index contributed by atoms with van der Waals surface area (Å²) >= 11 is 6.26. The van der Waals surface area contributed by atoms with Crippen LogP contribution in [0.3, 0.4) is 0 Å². The first kappa shape index (κ1) is 11.2. The lowest BCUT2D eigenvalue weighted by atomic mass is 10.0. The standard InChI is InChI=1S/C13H16ClNO2/c14-10-7-12-11(16-4-1-5-17-12)6-9(10)8-13(15)2-3-13/h6-7H,1-5,8,15H2. The van der Waals surface area contributed by atoms with E-state index in [2.05, 4.69) is 0 Å². The van der Waals surface area contributed by atoms with Crippen molar-refractivity contribution in [2.45, 2.75) is 31.2 Å². The van der Waals surface area contributed by atoms with Gasteiger partial charge in [-0.2, -0.15) is 0 Å². The number of hydrogen-bond donors (Lipinski definition) is 1. The highest BCUT2D eigenvalue weighted by molar-refractivity contribution is 6.31.